The Morgan fingerprint density at radius 3 is 2.55 bits per heavy atom. The van der Waals surface area contributed by atoms with Gasteiger partial charge in [-0.2, -0.15) is 0 Å². The highest BCUT2D eigenvalue weighted by Crippen LogP contribution is 2.36. The van der Waals surface area contributed by atoms with Crippen molar-refractivity contribution in [2.45, 2.75) is 76.9 Å². The molecule has 1 aliphatic rings. The Morgan fingerprint density at radius 1 is 1.20 bits per heavy atom. The van der Waals surface area contributed by atoms with Crippen molar-refractivity contribution in [2.75, 3.05) is 12.4 Å². The van der Waals surface area contributed by atoms with Crippen molar-refractivity contribution in [1.82, 2.24) is 0 Å². The fraction of sp³-hybridized carbons (Fsp3) is 0.875. The topological polar surface area (TPSA) is 43.4 Å². The molecule has 4 heteroatoms. The standard InChI is InChI=1S/C16H30O3S/c1-4-16(11-9-12-19-14-15(2)3)10-7-5-6-8-13-20(16,17)18/h14H,4-13H2,1-3H3. The van der Waals surface area contributed by atoms with Gasteiger partial charge in [0, 0.05) is 0 Å². The molecule has 0 spiro atoms. The van der Waals surface area contributed by atoms with E-state index in [1.165, 1.54) is 6.42 Å². The Bertz CT molecular complexity index is 407. The van der Waals surface area contributed by atoms with E-state index in [-0.39, 0.29) is 0 Å². The molecule has 20 heavy (non-hydrogen) atoms. The molecule has 0 saturated carbocycles. The number of ether oxygens (including phenoxy) is 1. The van der Waals surface area contributed by atoms with Crippen molar-refractivity contribution < 1.29 is 13.2 Å². The quantitative estimate of drug-likeness (QED) is 0.544. The fourth-order valence-electron chi connectivity index (χ4n) is 3.02. The molecule has 0 aromatic carbocycles. The molecule has 0 aromatic rings. The average molecular weight is 302 g/mol. The molecule has 1 aliphatic heterocycles. The van der Waals surface area contributed by atoms with Gasteiger partial charge in [0.25, 0.3) is 0 Å². The molecule has 0 bridgehead atoms. The van der Waals surface area contributed by atoms with Crippen molar-refractivity contribution in [3.8, 4) is 0 Å². The molecular formula is C16H30O3S. The van der Waals surface area contributed by atoms with Crippen molar-refractivity contribution in [1.29, 1.82) is 0 Å². The number of sulfone groups is 1. The summed E-state index contributed by atoms with van der Waals surface area (Å²) in [6, 6.07) is 0. The van der Waals surface area contributed by atoms with Crippen LogP contribution in [-0.2, 0) is 14.6 Å². The fourth-order valence-corrected chi connectivity index (χ4v) is 5.39. The highest BCUT2D eigenvalue weighted by molar-refractivity contribution is 7.92. The Morgan fingerprint density at radius 2 is 1.90 bits per heavy atom. The first kappa shape index (κ1) is 17.5. The van der Waals surface area contributed by atoms with Gasteiger partial charge in [-0.15, -0.1) is 0 Å². The van der Waals surface area contributed by atoms with Gasteiger partial charge in [0.05, 0.1) is 23.4 Å². The van der Waals surface area contributed by atoms with Gasteiger partial charge in [0.1, 0.15) is 0 Å². The van der Waals surface area contributed by atoms with Crippen LogP contribution in [0.1, 0.15) is 72.1 Å². The minimum atomic E-state index is -2.97. The maximum absolute atomic E-state index is 12.6. The second-order valence-corrected chi connectivity index (χ2v) is 8.69. The van der Waals surface area contributed by atoms with Crippen LogP contribution >= 0.6 is 0 Å². The van der Waals surface area contributed by atoms with Gasteiger partial charge in [-0.1, -0.05) is 26.2 Å². The summed E-state index contributed by atoms with van der Waals surface area (Å²) < 4.78 is 30.2. The lowest BCUT2D eigenvalue weighted by Crippen LogP contribution is -2.41. The lowest BCUT2D eigenvalue weighted by atomic mass is 9.92. The van der Waals surface area contributed by atoms with Gasteiger partial charge >= 0.3 is 0 Å². The van der Waals surface area contributed by atoms with Crippen LogP contribution in [0.2, 0.25) is 0 Å². The molecule has 1 saturated heterocycles. The molecule has 1 unspecified atom stereocenters. The van der Waals surface area contributed by atoms with Crippen LogP contribution in [0.15, 0.2) is 11.8 Å². The largest absolute Gasteiger partial charge is 0.501 e. The molecule has 1 rings (SSSR count). The summed E-state index contributed by atoms with van der Waals surface area (Å²) in [5.74, 6) is 0.371. The van der Waals surface area contributed by atoms with Crippen LogP contribution in [0.4, 0.5) is 0 Å². The Hall–Kier alpha value is -0.510. The molecule has 118 valence electrons. The highest BCUT2D eigenvalue weighted by Gasteiger charge is 2.41. The van der Waals surface area contributed by atoms with Crippen molar-refractivity contribution in [2.24, 2.45) is 0 Å². The van der Waals surface area contributed by atoms with Gasteiger partial charge in [-0.25, -0.2) is 8.42 Å². The van der Waals surface area contributed by atoms with Crippen LogP contribution < -0.4 is 0 Å². The van der Waals surface area contributed by atoms with Gasteiger partial charge < -0.3 is 4.74 Å². The number of allylic oxidation sites excluding steroid dienone is 1. The Kier molecular flexibility index (Phi) is 7.07. The van der Waals surface area contributed by atoms with Crippen LogP contribution in [0, 0.1) is 0 Å². The van der Waals surface area contributed by atoms with E-state index in [1.807, 2.05) is 20.8 Å². The number of rotatable bonds is 6. The lowest BCUT2D eigenvalue weighted by Gasteiger charge is -2.34. The predicted molar refractivity (Wildman–Crippen MR) is 84.5 cm³/mol. The van der Waals surface area contributed by atoms with Crippen LogP contribution in [0.25, 0.3) is 0 Å². The molecule has 1 heterocycles. The van der Waals surface area contributed by atoms with Crippen LogP contribution in [0.5, 0.6) is 0 Å². The zero-order valence-corrected chi connectivity index (χ0v) is 14.1. The van der Waals surface area contributed by atoms with E-state index in [0.717, 1.165) is 50.5 Å². The molecule has 3 nitrogen and oxygen atoms in total. The maximum atomic E-state index is 12.6. The van der Waals surface area contributed by atoms with Gasteiger partial charge in [0.2, 0.25) is 0 Å². The first-order valence-electron chi connectivity index (χ1n) is 7.91. The number of hydrogen-bond acceptors (Lipinski definition) is 3. The minimum absolute atomic E-state index is 0.371. The van der Waals surface area contributed by atoms with Crippen LogP contribution in [0.3, 0.4) is 0 Å². The van der Waals surface area contributed by atoms with E-state index in [0.29, 0.717) is 12.4 Å². The molecule has 0 radical (unpaired) electrons. The third-order valence-corrected chi connectivity index (χ3v) is 7.16. The zero-order valence-electron chi connectivity index (χ0n) is 13.3. The second-order valence-electron chi connectivity index (χ2n) is 6.19. The van der Waals surface area contributed by atoms with Gasteiger partial charge in [0.15, 0.2) is 9.84 Å². The normalized spacial score (nSPS) is 26.4. The summed E-state index contributed by atoms with van der Waals surface area (Å²) in [4.78, 5) is 0. The SMILES string of the molecule is CCC1(CCCOC=C(C)C)CCCCCCS1(=O)=O. The van der Waals surface area contributed by atoms with Crippen molar-refractivity contribution in [3.05, 3.63) is 11.8 Å². The number of hydrogen-bond donors (Lipinski definition) is 0. The molecule has 0 N–H and O–H groups in total. The second kappa shape index (κ2) is 8.06. The summed E-state index contributed by atoms with van der Waals surface area (Å²) in [5, 5.41) is 0. The molecule has 1 fully saturated rings. The first-order chi connectivity index (χ1) is 9.43. The summed E-state index contributed by atoms with van der Waals surface area (Å²) in [6.07, 6.45) is 8.98. The van der Waals surface area contributed by atoms with Crippen molar-refractivity contribution in [3.63, 3.8) is 0 Å². The highest BCUT2D eigenvalue weighted by atomic mass is 32.2. The minimum Gasteiger partial charge on any atom is -0.501 e. The van der Waals surface area contributed by atoms with Gasteiger partial charge in [-0.05, 0) is 51.5 Å². The van der Waals surface area contributed by atoms with E-state index in [4.69, 9.17) is 4.74 Å². The molecule has 0 aromatic heterocycles. The zero-order chi connectivity index (χ0) is 15.1. The third-order valence-electron chi connectivity index (χ3n) is 4.31. The van der Waals surface area contributed by atoms with E-state index >= 15 is 0 Å². The van der Waals surface area contributed by atoms with E-state index in [9.17, 15) is 8.42 Å². The van der Waals surface area contributed by atoms with Gasteiger partial charge in [-0.3, -0.25) is 0 Å². The smallest absolute Gasteiger partial charge is 0.155 e. The van der Waals surface area contributed by atoms with E-state index < -0.39 is 14.6 Å². The Labute approximate surface area is 124 Å². The van der Waals surface area contributed by atoms with E-state index in [2.05, 4.69) is 0 Å². The summed E-state index contributed by atoms with van der Waals surface area (Å²) in [6.45, 7) is 6.62. The van der Waals surface area contributed by atoms with Crippen molar-refractivity contribution >= 4 is 9.84 Å². The lowest BCUT2D eigenvalue weighted by molar-refractivity contribution is 0.229. The monoisotopic (exact) mass is 302 g/mol. The molecule has 0 aliphatic carbocycles. The van der Waals surface area contributed by atoms with E-state index in [1.54, 1.807) is 6.26 Å². The maximum Gasteiger partial charge on any atom is 0.155 e. The summed E-state index contributed by atoms with van der Waals surface area (Å²) in [5.41, 5.74) is 1.13. The average Bonchev–Trinajstić information content (AvgIpc) is 2.37. The Balaban J connectivity index is 2.64. The third kappa shape index (κ3) is 4.80. The molecule has 1 atom stereocenters. The summed E-state index contributed by atoms with van der Waals surface area (Å²) >= 11 is 0. The predicted octanol–water partition coefficient (Wildman–Crippen LogP) is 4.23. The van der Waals surface area contributed by atoms with Crippen LogP contribution in [-0.4, -0.2) is 25.5 Å². The first-order valence-corrected chi connectivity index (χ1v) is 9.56. The molecule has 0 amide bonds. The molecular weight excluding hydrogens is 272 g/mol. The summed E-state index contributed by atoms with van der Waals surface area (Å²) in [7, 11) is -2.97.